The van der Waals surface area contributed by atoms with Gasteiger partial charge >= 0.3 is 5.97 Å². The topological polar surface area (TPSA) is 37.3 Å². The normalized spacial score (nSPS) is 12.8. The van der Waals surface area contributed by atoms with Crippen LogP contribution in [0, 0.1) is 0 Å². The van der Waals surface area contributed by atoms with Gasteiger partial charge in [-0.25, -0.2) is 0 Å². The minimum Gasteiger partial charge on any atom is -0.481 e. The van der Waals surface area contributed by atoms with Gasteiger partial charge in [0.2, 0.25) is 0 Å². The summed E-state index contributed by atoms with van der Waals surface area (Å²) in [5.41, 5.74) is 0. The van der Waals surface area contributed by atoms with Gasteiger partial charge in [-0.15, -0.1) is 11.3 Å². The predicted octanol–water partition coefficient (Wildman–Crippen LogP) is 3.09. The fourth-order valence-corrected chi connectivity index (χ4v) is 2.43. The smallest absolute Gasteiger partial charge is 0.303 e. The van der Waals surface area contributed by atoms with E-state index >= 15 is 0 Å². The second-order valence-electron chi connectivity index (χ2n) is 2.64. The highest BCUT2D eigenvalue weighted by Crippen LogP contribution is 2.29. The highest BCUT2D eigenvalue weighted by molar-refractivity contribution is 9.11. The van der Waals surface area contributed by atoms with Crippen LogP contribution in [0.2, 0.25) is 0 Å². The summed E-state index contributed by atoms with van der Waals surface area (Å²) in [5, 5.41) is 8.54. The molecule has 12 heavy (non-hydrogen) atoms. The molecular weight excluding hydrogens is 240 g/mol. The van der Waals surface area contributed by atoms with Crippen LogP contribution in [-0.2, 0) is 4.79 Å². The van der Waals surface area contributed by atoms with Crippen LogP contribution >= 0.6 is 27.3 Å². The number of carboxylic acid groups (broad SMARTS) is 1. The standard InChI is InChI=1S/C8H9BrO2S/c1-5(4-8(10)11)6-2-3-7(9)12-6/h2-3,5H,4H2,1H3,(H,10,11). The fraction of sp³-hybridized carbons (Fsp3) is 0.375. The van der Waals surface area contributed by atoms with Crippen LogP contribution in [0.15, 0.2) is 15.9 Å². The zero-order valence-electron chi connectivity index (χ0n) is 6.58. The van der Waals surface area contributed by atoms with Gasteiger partial charge in [0.25, 0.3) is 0 Å². The summed E-state index contributed by atoms with van der Waals surface area (Å²) in [6.07, 6.45) is 0.201. The largest absolute Gasteiger partial charge is 0.481 e. The van der Waals surface area contributed by atoms with Crippen LogP contribution in [0.3, 0.4) is 0 Å². The quantitative estimate of drug-likeness (QED) is 0.893. The maximum atomic E-state index is 10.4. The van der Waals surface area contributed by atoms with Gasteiger partial charge < -0.3 is 5.11 Å². The van der Waals surface area contributed by atoms with Gasteiger partial charge in [-0.2, -0.15) is 0 Å². The van der Waals surface area contributed by atoms with Crippen molar-refractivity contribution in [2.75, 3.05) is 0 Å². The number of thiophene rings is 1. The Bertz CT molecular complexity index is 282. The highest BCUT2D eigenvalue weighted by Gasteiger charge is 2.11. The number of carboxylic acids is 1. The summed E-state index contributed by atoms with van der Waals surface area (Å²) < 4.78 is 1.05. The van der Waals surface area contributed by atoms with Gasteiger partial charge in [0.1, 0.15) is 0 Å². The molecule has 0 radical (unpaired) electrons. The maximum absolute atomic E-state index is 10.4. The lowest BCUT2D eigenvalue weighted by Gasteiger charge is -2.03. The van der Waals surface area contributed by atoms with E-state index in [0.29, 0.717) is 0 Å². The van der Waals surface area contributed by atoms with Gasteiger partial charge in [-0.1, -0.05) is 6.92 Å². The van der Waals surface area contributed by atoms with Crippen LogP contribution in [0.5, 0.6) is 0 Å². The Kier molecular flexibility index (Phi) is 3.29. The average molecular weight is 249 g/mol. The van der Waals surface area contributed by atoms with E-state index in [4.69, 9.17) is 5.11 Å². The zero-order valence-corrected chi connectivity index (χ0v) is 8.98. The molecule has 0 aliphatic carbocycles. The highest BCUT2D eigenvalue weighted by atomic mass is 79.9. The molecule has 1 aromatic rings. The Morgan fingerprint density at radius 1 is 1.75 bits per heavy atom. The molecule has 0 saturated carbocycles. The van der Waals surface area contributed by atoms with E-state index in [1.807, 2.05) is 19.1 Å². The Labute approximate surface area is 83.4 Å². The molecule has 0 aromatic carbocycles. The Balaban J connectivity index is 2.64. The van der Waals surface area contributed by atoms with E-state index in [2.05, 4.69) is 15.9 Å². The lowest BCUT2D eigenvalue weighted by molar-refractivity contribution is -0.137. The molecule has 1 N–H and O–H groups in total. The minimum absolute atomic E-state index is 0.110. The van der Waals surface area contributed by atoms with Gasteiger partial charge in [0.15, 0.2) is 0 Å². The molecule has 0 spiro atoms. The molecule has 1 rings (SSSR count). The Morgan fingerprint density at radius 3 is 2.83 bits per heavy atom. The molecule has 0 saturated heterocycles. The van der Waals surface area contributed by atoms with E-state index in [0.717, 1.165) is 8.66 Å². The van der Waals surface area contributed by atoms with Crippen molar-refractivity contribution in [2.45, 2.75) is 19.3 Å². The third-order valence-electron chi connectivity index (χ3n) is 1.56. The SMILES string of the molecule is CC(CC(=O)O)c1ccc(Br)s1. The van der Waals surface area contributed by atoms with Crippen molar-refractivity contribution in [3.63, 3.8) is 0 Å². The lowest BCUT2D eigenvalue weighted by Crippen LogP contribution is -2.00. The molecule has 66 valence electrons. The van der Waals surface area contributed by atoms with Crippen LogP contribution in [0.1, 0.15) is 24.1 Å². The van der Waals surface area contributed by atoms with Crippen molar-refractivity contribution in [3.8, 4) is 0 Å². The number of halogens is 1. The fourth-order valence-electron chi connectivity index (χ4n) is 0.956. The van der Waals surface area contributed by atoms with Crippen LogP contribution in [0.4, 0.5) is 0 Å². The van der Waals surface area contributed by atoms with Gasteiger partial charge in [-0.05, 0) is 28.1 Å². The summed E-state index contributed by atoms with van der Waals surface area (Å²) in [5.74, 6) is -0.633. The first-order chi connectivity index (χ1) is 5.59. The molecule has 0 bridgehead atoms. The van der Waals surface area contributed by atoms with E-state index < -0.39 is 5.97 Å². The molecule has 0 amide bonds. The first kappa shape index (κ1) is 9.74. The second-order valence-corrected chi connectivity index (χ2v) is 5.14. The van der Waals surface area contributed by atoms with Crippen molar-refractivity contribution in [3.05, 3.63) is 20.8 Å². The summed E-state index contributed by atoms with van der Waals surface area (Å²) in [7, 11) is 0. The molecule has 2 nitrogen and oxygen atoms in total. The summed E-state index contributed by atoms with van der Waals surface area (Å²) in [4.78, 5) is 11.5. The van der Waals surface area contributed by atoms with E-state index in [9.17, 15) is 4.79 Å². The van der Waals surface area contributed by atoms with Gasteiger partial charge in [0, 0.05) is 10.8 Å². The third kappa shape index (κ3) is 2.60. The van der Waals surface area contributed by atoms with Crippen LogP contribution in [-0.4, -0.2) is 11.1 Å². The number of carbonyl (C=O) groups is 1. The zero-order chi connectivity index (χ0) is 9.14. The predicted molar refractivity (Wildman–Crippen MR) is 52.7 cm³/mol. The van der Waals surface area contributed by atoms with Crippen LogP contribution in [0.25, 0.3) is 0 Å². The molecule has 1 heterocycles. The monoisotopic (exact) mass is 248 g/mol. The van der Waals surface area contributed by atoms with Gasteiger partial charge in [0.05, 0.1) is 10.2 Å². The van der Waals surface area contributed by atoms with Gasteiger partial charge in [-0.3, -0.25) is 4.79 Å². The van der Waals surface area contributed by atoms with E-state index in [1.165, 1.54) is 0 Å². The van der Waals surface area contributed by atoms with Crippen molar-refractivity contribution in [1.29, 1.82) is 0 Å². The molecule has 0 fully saturated rings. The summed E-state index contributed by atoms with van der Waals surface area (Å²) in [6.45, 7) is 1.92. The van der Waals surface area contributed by atoms with Crippen molar-refractivity contribution in [2.24, 2.45) is 0 Å². The number of rotatable bonds is 3. The molecule has 0 aliphatic heterocycles. The summed E-state index contributed by atoms with van der Waals surface area (Å²) in [6, 6.07) is 3.90. The Morgan fingerprint density at radius 2 is 2.42 bits per heavy atom. The van der Waals surface area contributed by atoms with Crippen LogP contribution < -0.4 is 0 Å². The van der Waals surface area contributed by atoms with Crippen molar-refractivity contribution < 1.29 is 9.90 Å². The minimum atomic E-state index is -0.743. The third-order valence-corrected chi connectivity index (χ3v) is 3.42. The average Bonchev–Trinajstić information content (AvgIpc) is 2.34. The molecular formula is C8H9BrO2S. The van der Waals surface area contributed by atoms with E-state index in [1.54, 1.807) is 11.3 Å². The number of hydrogen-bond donors (Lipinski definition) is 1. The first-order valence-corrected chi connectivity index (χ1v) is 5.17. The second kappa shape index (κ2) is 4.05. The molecule has 1 aromatic heterocycles. The van der Waals surface area contributed by atoms with E-state index in [-0.39, 0.29) is 12.3 Å². The molecule has 0 aliphatic rings. The molecule has 1 atom stereocenters. The number of aliphatic carboxylic acids is 1. The molecule has 1 unspecified atom stereocenters. The number of hydrogen-bond acceptors (Lipinski definition) is 2. The van der Waals surface area contributed by atoms with Crippen molar-refractivity contribution in [1.82, 2.24) is 0 Å². The molecule has 4 heteroatoms. The maximum Gasteiger partial charge on any atom is 0.303 e. The first-order valence-electron chi connectivity index (χ1n) is 3.56. The van der Waals surface area contributed by atoms with Crippen molar-refractivity contribution >= 4 is 33.2 Å². The Hall–Kier alpha value is -0.350. The lowest BCUT2D eigenvalue weighted by atomic mass is 10.1. The summed E-state index contributed by atoms with van der Waals surface area (Å²) >= 11 is 4.93.